The zero-order chi connectivity index (χ0) is 17.4. The van der Waals surface area contributed by atoms with Gasteiger partial charge in [0.05, 0.1) is 12.1 Å². The number of pyridine rings is 1. The van der Waals surface area contributed by atoms with Crippen molar-refractivity contribution >= 4 is 5.97 Å². The molecule has 0 saturated heterocycles. The summed E-state index contributed by atoms with van der Waals surface area (Å²) in [6.07, 6.45) is 10.1. The molecule has 4 nitrogen and oxygen atoms in total. The number of halogens is 2. The van der Waals surface area contributed by atoms with Gasteiger partial charge in [0.25, 0.3) is 0 Å². The Morgan fingerprint density at radius 2 is 2.00 bits per heavy atom. The van der Waals surface area contributed by atoms with Gasteiger partial charge in [0, 0.05) is 6.07 Å². The number of alkyl halides is 2. The molecule has 0 aromatic carbocycles. The van der Waals surface area contributed by atoms with Crippen LogP contribution >= 0.6 is 0 Å². The first-order chi connectivity index (χ1) is 11.6. The van der Waals surface area contributed by atoms with Gasteiger partial charge in [-0.3, -0.25) is 4.79 Å². The summed E-state index contributed by atoms with van der Waals surface area (Å²) in [5, 5.41) is 0. The quantitative estimate of drug-likeness (QED) is 0.494. The number of carbonyl (C=O) groups excluding carboxylic acids is 1. The van der Waals surface area contributed by atoms with Gasteiger partial charge in [-0.05, 0) is 37.7 Å². The highest BCUT2D eigenvalue weighted by Gasteiger charge is 2.27. The van der Waals surface area contributed by atoms with Crippen LogP contribution in [0.15, 0.2) is 18.3 Å². The monoisotopic (exact) mass is 341 g/mol. The highest BCUT2D eigenvalue weighted by atomic mass is 19.3. The van der Waals surface area contributed by atoms with Gasteiger partial charge in [-0.15, -0.1) is 0 Å². The Morgan fingerprint density at radius 3 is 2.58 bits per heavy atom. The average Bonchev–Trinajstić information content (AvgIpc) is 2.57. The zero-order valence-electron chi connectivity index (χ0n) is 14.0. The van der Waals surface area contributed by atoms with Crippen LogP contribution in [0.2, 0.25) is 0 Å². The highest BCUT2D eigenvalue weighted by molar-refractivity contribution is 5.75. The van der Waals surface area contributed by atoms with Crippen molar-refractivity contribution in [3.05, 3.63) is 18.3 Å². The van der Waals surface area contributed by atoms with Gasteiger partial charge >= 0.3 is 12.6 Å². The second-order valence-electron chi connectivity index (χ2n) is 6.35. The van der Waals surface area contributed by atoms with E-state index in [1.165, 1.54) is 44.0 Å². The van der Waals surface area contributed by atoms with E-state index in [-0.39, 0.29) is 23.5 Å². The molecule has 1 saturated carbocycles. The SMILES string of the molecule is CCCCC[C@H]1CC[C@H](C(=O)Oc2ccc(OC(F)F)nc2)CC1. The summed E-state index contributed by atoms with van der Waals surface area (Å²) in [6.45, 7) is -0.716. The van der Waals surface area contributed by atoms with Gasteiger partial charge in [-0.2, -0.15) is 8.78 Å². The van der Waals surface area contributed by atoms with Crippen molar-refractivity contribution in [3.63, 3.8) is 0 Å². The number of aromatic nitrogens is 1. The Bertz CT molecular complexity index is 499. The average molecular weight is 341 g/mol. The summed E-state index contributed by atoms with van der Waals surface area (Å²) in [6, 6.07) is 2.68. The number of esters is 1. The van der Waals surface area contributed by atoms with Gasteiger partial charge in [-0.1, -0.05) is 32.6 Å². The molecule has 0 spiro atoms. The lowest BCUT2D eigenvalue weighted by Gasteiger charge is -2.27. The highest BCUT2D eigenvalue weighted by Crippen LogP contribution is 2.33. The summed E-state index contributed by atoms with van der Waals surface area (Å²) in [7, 11) is 0. The Balaban J connectivity index is 1.75. The van der Waals surface area contributed by atoms with Crippen molar-refractivity contribution in [1.29, 1.82) is 0 Å². The second kappa shape index (κ2) is 9.55. The minimum absolute atomic E-state index is 0.0792. The van der Waals surface area contributed by atoms with Gasteiger partial charge < -0.3 is 9.47 Å². The molecule has 1 fully saturated rings. The molecule has 24 heavy (non-hydrogen) atoms. The number of hydrogen-bond acceptors (Lipinski definition) is 4. The molecule has 0 bridgehead atoms. The minimum atomic E-state index is -2.92. The Morgan fingerprint density at radius 1 is 1.25 bits per heavy atom. The second-order valence-corrected chi connectivity index (χ2v) is 6.35. The molecule has 134 valence electrons. The van der Waals surface area contributed by atoms with E-state index in [2.05, 4.69) is 16.6 Å². The topological polar surface area (TPSA) is 48.4 Å². The lowest BCUT2D eigenvalue weighted by Crippen LogP contribution is -2.25. The molecule has 1 aliphatic rings. The van der Waals surface area contributed by atoms with E-state index in [1.807, 2.05) is 0 Å². The van der Waals surface area contributed by atoms with Crippen molar-refractivity contribution in [2.24, 2.45) is 11.8 Å². The number of ether oxygens (including phenoxy) is 2. The van der Waals surface area contributed by atoms with Crippen LogP contribution in [0.4, 0.5) is 8.78 Å². The largest absolute Gasteiger partial charge is 0.425 e. The molecule has 1 aromatic heterocycles. The van der Waals surface area contributed by atoms with E-state index < -0.39 is 6.61 Å². The third kappa shape index (κ3) is 6.06. The molecule has 1 aliphatic carbocycles. The molecule has 1 aromatic rings. The van der Waals surface area contributed by atoms with Crippen LogP contribution in [0.5, 0.6) is 11.6 Å². The van der Waals surface area contributed by atoms with Crippen molar-refractivity contribution in [1.82, 2.24) is 4.98 Å². The fourth-order valence-electron chi connectivity index (χ4n) is 3.16. The summed E-state index contributed by atoms with van der Waals surface area (Å²) < 4.78 is 33.6. The number of unbranched alkanes of at least 4 members (excludes halogenated alkanes) is 2. The van der Waals surface area contributed by atoms with E-state index in [4.69, 9.17) is 4.74 Å². The van der Waals surface area contributed by atoms with Crippen molar-refractivity contribution in [2.45, 2.75) is 64.9 Å². The maximum absolute atomic E-state index is 12.2. The first-order valence-corrected chi connectivity index (χ1v) is 8.71. The molecule has 0 radical (unpaired) electrons. The normalized spacial score (nSPS) is 20.8. The predicted molar refractivity (Wildman–Crippen MR) is 86.1 cm³/mol. The standard InChI is InChI=1S/C18H25F2NO3/c1-2-3-4-5-13-6-8-14(9-7-13)17(22)23-15-10-11-16(21-12-15)24-18(19)20/h10-14,18H,2-9H2,1H3/t13-,14-. The lowest BCUT2D eigenvalue weighted by molar-refractivity contribution is -0.140. The number of carbonyl (C=O) groups is 1. The Hall–Kier alpha value is -1.72. The summed E-state index contributed by atoms with van der Waals surface area (Å²) in [5.74, 6) is 0.452. The predicted octanol–water partition coefficient (Wildman–Crippen LogP) is 4.98. The molecule has 0 unspecified atom stereocenters. The van der Waals surface area contributed by atoms with Crippen molar-refractivity contribution < 1.29 is 23.0 Å². The van der Waals surface area contributed by atoms with E-state index in [0.717, 1.165) is 31.6 Å². The van der Waals surface area contributed by atoms with E-state index in [0.29, 0.717) is 0 Å². The molecular weight excluding hydrogens is 316 g/mol. The van der Waals surface area contributed by atoms with Gasteiger partial charge in [0.1, 0.15) is 5.75 Å². The van der Waals surface area contributed by atoms with Gasteiger partial charge in [0.15, 0.2) is 0 Å². The number of hydrogen-bond donors (Lipinski definition) is 0. The van der Waals surface area contributed by atoms with E-state index in [9.17, 15) is 13.6 Å². The Kier molecular flexibility index (Phi) is 7.40. The molecule has 6 heteroatoms. The maximum atomic E-state index is 12.2. The Labute approximate surface area is 141 Å². The van der Waals surface area contributed by atoms with E-state index >= 15 is 0 Å². The molecule has 0 aliphatic heterocycles. The molecule has 2 rings (SSSR count). The molecule has 0 N–H and O–H groups in total. The van der Waals surface area contributed by atoms with Crippen LogP contribution in [0.3, 0.4) is 0 Å². The molecule has 0 amide bonds. The summed E-state index contributed by atoms with van der Waals surface area (Å²) in [5.41, 5.74) is 0. The third-order valence-corrected chi connectivity index (χ3v) is 4.53. The van der Waals surface area contributed by atoms with Crippen LogP contribution in [0.25, 0.3) is 0 Å². The van der Waals surface area contributed by atoms with Gasteiger partial charge in [0.2, 0.25) is 5.88 Å². The fourth-order valence-corrected chi connectivity index (χ4v) is 3.16. The first-order valence-electron chi connectivity index (χ1n) is 8.71. The molecule has 0 atom stereocenters. The van der Waals surface area contributed by atoms with Crippen LogP contribution in [0.1, 0.15) is 58.3 Å². The number of nitrogens with zero attached hydrogens (tertiary/aromatic N) is 1. The smallest absolute Gasteiger partial charge is 0.388 e. The first kappa shape index (κ1) is 18.6. The van der Waals surface area contributed by atoms with E-state index in [1.54, 1.807) is 0 Å². The maximum Gasteiger partial charge on any atom is 0.388 e. The number of rotatable bonds is 8. The van der Waals surface area contributed by atoms with Gasteiger partial charge in [-0.25, -0.2) is 4.98 Å². The third-order valence-electron chi connectivity index (χ3n) is 4.53. The summed E-state index contributed by atoms with van der Waals surface area (Å²) >= 11 is 0. The summed E-state index contributed by atoms with van der Waals surface area (Å²) in [4.78, 5) is 15.9. The van der Waals surface area contributed by atoms with Crippen LogP contribution in [-0.4, -0.2) is 17.6 Å². The zero-order valence-corrected chi connectivity index (χ0v) is 14.0. The molecular formula is C18H25F2NO3. The van der Waals surface area contributed by atoms with Crippen LogP contribution in [0, 0.1) is 11.8 Å². The minimum Gasteiger partial charge on any atom is -0.425 e. The molecule has 1 heterocycles. The lowest BCUT2D eigenvalue weighted by atomic mass is 9.80. The van der Waals surface area contributed by atoms with Crippen molar-refractivity contribution in [2.75, 3.05) is 0 Å². The fraction of sp³-hybridized carbons (Fsp3) is 0.667. The van der Waals surface area contributed by atoms with Crippen LogP contribution in [-0.2, 0) is 4.79 Å². The van der Waals surface area contributed by atoms with Crippen molar-refractivity contribution in [3.8, 4) is 11.6 Å². The van der Waals surface area contributed by atoms with Crippen LogP contribution < -0.4 is 9.47 Å².